The first-order valence-electron chi connectivity index (χ1n) is 5.58. The number of pyridine rings is 1. The van der Waals surface area contributed by atoms with Crippen molar-refractivity contribution >= 4 is 0 Å². The van der Waals surface area contributed by atoms with E-state index >= 15 is 0 Å². The van der Waals surface area contributed by atoms with Crippen LogP contribution in [0.5, 0.6) is 0 Å². The van der Waals surface area contributed by atoms with Crippen LogP contribution >= 0.6 is 0 Å². The normalized spacial score (nSPS) is 20.8. The number of hydrogen-bond acceptors (Lipinski definition) is 2. The largest absolute Gasteiger partial charge is 0.347 e. The summed E-state index contributed by atoms with van der Waals surface area (Å²) in [7, 11) is 0. The van der Waals surface area contributed by atoms with Crippen molar-refractivity contribution in [2.24, 2.45) is 0 Å². The molecule has 0 amide bonds. The van der Waals surface area contributed by atoms with E-state index in [0.29, 0.717) is 6.04 Å². The molecule has 1 unspecified atom stereocenters. The van der Waals surface area contributed by atoms with Crippen molar-refractivity contribution < 1.29 is 0 Å². The number of nitrogens with zero attached hydrogens (tertiary/aromatic N) is 1. The molecular weight excluding hydrogens is 188 g/mol. The molecule has 0 aromatic carbocycles. The second-order valence-corrected chi connectivity index (χ2v) is 4.38. The van der Waals surface area contributed by atoms with Crippen LogP contribution in [0.25, 0.3) is 0 Å². The third kappa shape index (κ3) is 2.29. The summed E-state index contributed by atoms with van der Waals surface area (Å²) >= 11 is 0. The van der Waals surface area contributed by atoms with Crippen molar-refractivity contribution in [3.63, 3.8) is 0 Å². The van der Waals surface area contributed by atoms with Gasteiger partial charge in [-0.15, -0.1) is 0 Å². The zero-order valence-corrected chi connectivity index (χ0v) is 9.42. The van der Waals surface area contributed by atoms with Gasteiger partial charge in [0.2, 0.25) is 0 Å². The summed E-state index contributed by atoms with van der Waals surface area (Å²) in [5.74, 6) is 0. The Morgan fingerprint density at radius 2 is 2.07 bits per heavy atom. The maximum atomic E-state index is 11.3. The van der Waals surface area contributed by atoms with Crippen molar-refractivity contribution in [2.45, 2.75) is 39.3 Å². The maximum absolute atomic E-state index is 11.3. The zero-order chi connectivity index (χ0) is 10.8. The Labute approximate surface area is 90.1 Å². The minimum Gasteiger partial charge on any atom is -0.347 e. The van der Waals surface area contributed by atoms with E-state index in [-0.39, 0.29) is 5.43 Å². The minimum atomic E-state index is 0.112. The molecule has 1 saturated heterocycles. The summed E-state index contributed by atoms with van der Waals surface area (Å²) in [4.78, 5) is 11.3. The molecule has 0 spiro atoms. The molecule has 1 atom stereocenters. The van der Waals surface area contributed by atoms with Crippen LogP contribution in [0.2, 0.25) is 0 Å². The Kier molecular flexibility index (Phi) is 2.91. The van der Waals surface area contributed by atoms with Crippen LogP contribution in [0.4, 0.5) is 0 Å². The summed E-state index contributed by atoms with van der Waals surface area (Å²) in [5.41, 5.74) is 2.24. The molecule has 3 heteroatoms. The number of hydrogen-bond donors (Lipinski definition) is 1. The van der Waals surface area contributed by atoms with Gasteiger partial charge in [0.25, 0.3) is 0 Å². The van der Waals surface area contributed by atoms with Crippen LogP contribution in [-0.2, 0) is 6.54 Å². The first-order valence-corrected chi connectivity index (χ1v) is 5.58. The van der Waals surface area contributed by atoms with E-state index in [2.05, 4.69) is 9.88 Å². The van der Waals surface area contributed by atoms with E-state index < -0.39 is 0 Å². The molecule has 1 aromatic heterocycles. The average molecular weight is 206 g/mol. The molecule has 15 heavy (non-hydrogen) atoms. The van der Waals surface area contributed by atoms with Gasteiger partial charge in [0.15, 0.2) is 5.43 Å². The lowest BCUT2D eigenvalue weighted by Gasteiger charge is -2.18. The molecule has 0 bridgehead atoms. The second-order valence-electron chi connectivity index (χ2n) is 4.38. The van der Waals surface area contributed by atoms with Gasteiger partial charge in [0, 0.05) is 36.1 Å². The molecular formula is C12H18N2O. The Morgan fingerprint density at radius 3 is 2.60 bits per heavy atom. The quantitative estimate of drug-likeness (QED) is 0.789. The van der Waals surface area contributed by atoms with Crippen LogP contribution in [0.3, 0.4) is 0 Å². The zero-order valence-electron chi connectivity index (χ0n) is 9.42. The monoisotopic (exact) mass is 206 g/mol. The van der Waals surface area contributed by atoms with Crippen molar-refractivity contribution in [1.29, 1.82) is 0 Å². The fraction of sp³-hybridized carbons (Fsp3) is 0.583. The fourth-order valence-corrected chi connectivity index (χ4v) is 2.31. The maximum Gasteiger partial charge on any atom is 0.182 e. The van der Waals surface area contributed by atoms with Gasteiger partial charge in [0.1, 0.15) is 0 Å². The third-order valence-electron chi connectivity index (χ3n) is 3.12. The van der Waals surface area contributed by atoms with Crippen molar-refractivity contribution in [3.05, 3.63) is 33.7 Å². The number of aromatic nitrogens is 1. The Morgan fingerprint density at radius 1 is 1.40 bits per heavy atom. The van der Waals surface area contributed by atoms with Gasteiger partial charge < -0.3 is 9.88 Å². The fourth-order valence-electron chi connectivity index (χ4n) is 2.31. The highest BCUT2D eigenvalue weighted by molar-refractivity contribution is 5.12. The highest BCUT2D eigenvalue weighted by Crippen LogP contribution is 2.10. The predicted octanol–water partition coefficient (Wildman–Crippen LogP) is 1.22. The molecule has 0 radical (unpaired) electrons. The molecule has 1 fully saturated rings. The Balaban J connectivity index is 2.23. The molecule has 0 aliphatic carbocycles. The van der Waals surface area contributed by atoms with Gasteiger partial charge in [-0.2, -0.15) is 0 Å². The molecule has 82 valence electrons. The van der Waals surface area contributed by atoms with Gasteiger partial charge in [-0.3, -0.25) is 4.79 Å². The average Bonchev–Trinajstić information content (AvgIpc) is 2.63. The molecule has 3 nitrogen and oxygen atoms in total. The first kappa shape index (κ1) is 10.4. The van der Waals surface area contributed by atoms with Crippen LogP contribution in [-0.4, -0.2) is 17.2 Å². The Hall–Kier alpha value is -1.09. The molecule has 0 saturated carbocycles. The van der Waals surface area contributed by atoms with Crippen molar-refractivity contribution in [2.75, 3.05) is 6.54 Å². The molecule has 1 N–H and O–H groups in total. The van der Waals surface area contributed by atoms with E-state index in [1.807, 2.05) is 13.8 Å². The first-order chi connectivity index (χ1) is 7.16. The van der Waals surface area contributed by atoms with E-state index in [1.54, 1.807) is 12.1 Å². The lowest BCUT2D eigenvalue weighted by Crippen LogP contribution is -2.29. The summed E-state index contributed by atoms with van der Waals surface area (Å²) in [6.07, 6.45) is 2.51. The van der Waals surface area contributed by atoms with Crippen LogP contribution < -0.4 is 10.7 Å². The smallest absolute Gasteiger partial charge is 0.182 e. The van der Waals surface area contributed by atoms with Gasteiger partial charge >= 0.3 is 0 Å². The van der Waals surface area contributed by atoms with Crippen molar-refractivity contribution in [1.82, 2.24) is 9.88 Å². The third-order valence-corrected chi connectivity index (χ3v) is 3.12. The topological polar surface area (TPSA) is 34.0 Å². The highest BCUT2D eigenvalue weighted by atomic mass is 16.1. The van der Waals surface area contributed by atoms with E-state index in [4.69, 9.17) is 0 Å². The van der Waals surface area contributed by atoms with E-state index in [1.165, 1.54) is 12.8 Å². The Bertz CT molecular complexity index is 376. The van der Waals surface area contributed by atoms with E-state index in [0.717, 1.165) is 24.5 Å². The summed E-state index contributed by atoms with van der Waals surface area (Å²) < 4.78 is 2.23. The van der Waals surface area contributed by atoms with Crippen LogP contribution in [0.15, 0.2) is 16.9 Å². The molecule has 2 rings (SSSR count). The molecule has 2 heterocycles. The molecule has 1 aromatic rings. The summed E-state index contributed by atoms with van der Waals surface area (Å²) in [6.45, 7) is 6.12. The summed E-state index contributed by atoms with van der Waals surface area (Å²) in [6, 6.07) is 3.99. The van der Waals surface area contributed by atoms with Crippen LogP contribution in [0, 0.1) is 13.8 Å². The number of aryl methyl sites for hydroxylation is 2. The van der Waals surface area contributed by atoms with Gasteiger partial charge in [-0.1, -0.05) is 0 Å². The van der Waals surface area contributed by atoms with Gasteiger partial charge in [-0.05, 0) is 33.2 Å². The molecule has 1 aliphatic rings. The van der Waals surface area contributed by atoms with Crippen molar-refractivity contribution in [3.8, 4) is 0 Å². The second kappa shape index (κ2) is 4.19. The standard InChI is InChI=1S/C12H18N2O/c1-9-6-12(15)7-10(2)14(9)8-11-4-3-5-13-11/h6-7,11,13H,3-5,8H2,1-2H3. The number of nitrogens with one attached hydrogen (secondary N) is 1. The SMILES string of the molecule is Cc1cc(=O)cc(C)n1CC1CCCN1. The number of rotatable bonds is 2. The lowest BCUT2D eigenvalue weighted by atomic mass is 10.2. The van der Waals surface area contributed by atoms with Gasteiger partial charge in [-0.25, -0.2) is 0 Å². The minimum absolute atomic E-state index is 0.112. The predicted molar refractivity (Wildman–Crippen MR) is 61.2 cm³/mol. The van der Waals surface area contributed by atoms with Gasteiger partial charge in [0.05, 0.1) is 0 Å². The highest BCUT2D eigenvalue weighted by Gasteiger charge is 2.15. The molecule has 1 aliphatic heterocycles. The lowest BCUT2D eigenvalue weighted by molar-refractivity contribution is 0.493. The van der Waals surface area contributed by atoms with E-state index in [9.17, 15) is 4.79 Å². The van der Waals surface area contributed by atoms with Crippen LogP contribution in [0.1, 0.15) is 24.2 Å². The summed E-state index contributed by atoms with van der Waals surface area (Å²) in [5, 5.41) is 3.48.